The fourth-order valence-corrected chi connectivity index (χ4v) is 7.51. The van der Waals surface area contributed by atoms with E-state index in [0.717, 1.165) is 60.8 Å². The van der Waals surface area contributed by atoms with E-state index in [9.17, 15) is 0 Å². The molecular weight excluding hydrogens is 585 g/mol. The molecule has 0 radical (unpaired) electrons. The predicted octanol–water partition coefficient (Wildman–Crippen LogP) is 11.1. The summed E-state index contributed by atoms with van der Waals surface area (Å²) in [4.78, 5) is 18.3. The molecule has 0 spiro atoms. The Bertz CT molecular complexity index is 2730. The zero-order valence-electron chi connectivity index (χ0n) is 25.8. The summed E-state index contributed by atoms with van der Waals surface area (Å²) in [6, 6.07) is 46.0. The van der Waals surface area contributed by atoms with Gasteiger partial charge in [-0.3, -0.25) is 9.97 Å². The molecule has 0 aliphatic carbocycles. The zero-order chi connectivity index (χ0) is 31.6. The van der Waals surface area contributed by atoms with Crippen molar-refractivity contribution in [3.63, 3.8) is 0 Å². The van der Waals surface area contributed by atoms with Crippen LogP contribution in [0.1, 0.15) is 0 Å². The molecule has 0 unspecified atom stereocenters. The standard InChI is InChI=1S/C44H26N4/c1-5-29-7-3-19-47-43(29)37(9-1)32-21-31(22-33(23-32)38-10-2-6-30-8-4-20-48-44(30)38)35-15-11-27-14-18-40-36(34-24-45-26-46-25-34)16-12-28-13-17-39(35)41(27)42(28)40/h1-26H. The molecular formula is C44H26N4. The van der Waals surface area contributed by atoms with Crippen molar-refractivity contribution in [3.05, 3.63) is 159 Å². The molecule has 0 fully saturated rings. The Balaban J connectivity index is 1.27. The van der Waals surface area contributed by atoms with E-state index < -0.39 is 0 Å². The Kier molecular flexibility index (Phi) is 5.84. The number of aromatic nitrogens is 4. The van der Waals surface area contributed by atoms with Crippen molar-refractivity contribution in [2.45, 2.75) is 0 Å². The van der Waals surface area contributed by atoms with Gasteiger partial charge in [-0.25, -0.2) is 9.97 Å². The minimum absolute atomic E-state index is 0.993. The van der Waals surface area contributed by atoms with Gasteiger partial charge in [-0.1, -0.05) is 97.1 Å². The van der Waals surface area contributed by atoms with Gasteiger partial charge in [0.2, 0.25) is 0 Å². The van der Waals surface area contributed by atoms with Gasteiger partial charge >= 0.3 is 0 Å². The smallest absolute Gasteiger partial charge is 0.115 e. The second kappa shape index (κ2) is 10.5. The maximum absolute atomic E-state index is 4.83. The molecule has 4 nitrogen and oxygen atoms in total. The molecule has 7 aromatic carbocycles. The van der Waals surface area contributed by atoms with Crippen LogP contribution in [0.15, 0.2) is 159 Å². The number of rotatable bonds is 4. The van der Waals surface area contributed by atoms with Crippen molar-refractivity contribution in [1.29, 1.82) is 0 Å². The average Bonchev–Trinajstić information content (AvgIpc) is 3.16. The van der Waals surface area contributed by atoms with Gasteiger partial charge in [0.15, 0.2) is 0 Å². The predicted molar refractivity (Wildman–Crippen MR) is 198 cm³/mol. The first-order valence-electron chi connectivity index (χ1n) is 16.1. The van der Waals surface area contributed by atoms with E-state index in [4.69, 9.17) is 9.97 Å². The van der Waals surface area contributed by atoms with Gasteiger partial charge in [-0.05, 0) is 90.5 Å². The Labute approximate surface area is 276 Å². The summed E-state index contributed by atoms with van der Waals surface area (Å²) in [7, 11) is 0. The lowest BCUT2D eigenvalue weighted by molar-refractivity contribution is 1.17. The van der Waals surface area contributed by atoms with E-state index in [1.165, 1.54) is 37.9 Å². The number of hydrogen-bond acceptors (Lipinski definition) is 4. The molecule has 0 saturated carbocycles. The first-order chi connectivity index (χ1) is 23.8. The molecule has 0 amide bonds. The number of hydrogen-bond donors (Lipinski definition) is 0. The first kappa shape index (κ1) is 26.7. The van der Waals surface area contributed by atoms with Gasteiger partial charge in [-0.2, -0.15) is 0 Å². The van der Waals surface area contributed by atoms with Crippen molar-refractivity contribution in [2.75, 3.05) is 0 Å². The highest BCUT2D eigenvalue weighted by atomic mass is 14.8. The molecule has 10 aromatic rings. The Hall–Kier alpha value is -6.52. The summed E-state index contributed by atoms with van der Waals surface area (Å²) in [5.41, 5.74) is 10.9. The van der Waals surface area contributed by atoms with Crippen LogP contribution < -0.4 is 0 Å². The van der Waals surface area contributed by atoms with Crippen molar-refractivity contribution < 1.29 is 0 Å². The van der Waals surface area contributed by atoms with Crippen molar-refractivity contribution in [2.24, 2.45) is 0 Å². The molecule has 0 aliphatic rings. The summed E-state index contributed by atoms with van der Waals surface area (Å²) in [5, 5.41) is 9.65. The highest BCUT2D eigenvalue weighted by Gasteiger charge is 2.17. The van der Waals surface area contributed by atoms with E-state index in [1.54, 1.807) is 6.33 Å². The zero-order valence-corrected chi connectivity index (χ0v) is 25.8. The molecule has 0 atom stereocenters. The second-order valence-electron chi connectivity index (χ2n) is 12.3. The molecule has 222 valence electrons. The summed E-state index contributed by atoms with van der Waals surface area (Å²) >= 11 is 0. The van der Waals surface area contributed by atoms with E-state index in [-0.39, 0.29) is 0 Å². The van der Waals surface area contributed by atoms with Crippen molar-refractivity contribution in [1.82, 2.24) is 19.9 Å². The number of fused-ring (bicyclic) bond motifs is 2. The average molecular weight is 611 g/mol. The first-order valence-corrected chi connectivity index (χ1v) is 16.1. The fourth-order valence-electron chi connectivity index (χ4n) is 7.51. The lowest BCUT2D eigenvalue weighted by Gasteiger charge is -2.18. The monoisotopic (exact) mass is 610 g/mol. The van der Waals surface area contributed by atoms with E-state index in [2.05, 4.69) is 125 Å². The molecule has 10 rings (SSSR count). The topological polar surface area (TPSA) is 51.6 Å². The molecule has 0 bridgehead atoms. The van der Waals surface area contributed by atoms with Crippen LogP contribution in [0.3, 0.4) is 0 Å². The molecule has 0 N–H and O–H groups in total. The van der Waals surface area contributed by atoms with Gasteiger partial charge in [0, 0.05) is 52.3 Å². The quantitative estimate of drug-likeness (QED) is 0.186. The molecule has 0 saturated heterocycles. The molecule has 0 aliphatic heterocycles. The number of pyridine rings is 2. The van der Waals surface area contributed by atoms with E-state index in [0.29, 0.717) is 0 Å². The lowest BCUT2D eigenvalue weighted by atomic mass is 9.86. The number of nitrogens with zero attached hydrogens (tertiary/aromatic N) is 4. The third-order valence-corrected chi connectivity index (χ3v) is 9.67. The maximum Gasteiger partial charge on any atom is 0.115 e. The highest BCUT2D eigenvalue weighted by Crippen LogP contribution is 2.44. The van der Waals surface area contributed by atoms with Gasteiger partial charge in [0.1, 0.15) is 6.33 Å². The SMILES string of the molecule is c1cnc2c(-c3cc(-c4ccc5ccc6c(-c7cncnc7)ccc7ccc4c5c76)cc(-c4cccc5cccnc45)c3)cccc2c1. The molecule has 3 aromatic heterocycles. The number of para-hydroxylation sites is 2. The lowest BCUT2D eigenvalue weighted by Crippen LogP contribution is -1.92. The normalized spacial score (nSPS) is 11.8. The Morgan fingerprint density at radius 1 is 0.354 bits per heavy atom. The summed E-state index contributed by atoms with van der Waals surface area (Å²) in [6.07, 6.45) is 9.12. The van der Waals surface area contributed by atoms with Gasteiger partial charge in [0.05, 0.1) is 11.0 Å². The second-order valence-corrected chi connectivity index (χ2v) is 12.3. The highest BCUT2D eigenvalue weighted by molar-refractivity contribution is 6.27. The fraction of sp³-hybridized carbons (Fsp3) is 0. The molecule has 3 heterocycles. The molecule has 4 heteroatoms. The molecule has 48 heavy (non-hydrogen) atoms. The van der Waals surface area contributed by atoms with E-state index >= 15 is 0 Å². The Morgan fingerprint density at radius 3 is 1.35 bits per heavy atom. The third kappa shape index (κ3) is 4.10. The van der Waals surface area contributed by atoms with Crippen LogP contribution in [0.25, 0.3) is 98.6 Å². The minimum atomic E-state index is 0.993. The van der Waals surface area contributed by atoms with Crippen LogP contribution in [0.4, 0.5) is 0 Å². The maximum atomic E-state index is 4.83. The van der Waals surface area contributed by atoms with Gasteiger partial charge in [0.25, 0.3) is 0 Å². The van der Waals surface area contributed by atoms with Crippen molar-refractivity contribution in [3.8, 4) is 44.5 Å². The minimum Gasteiger partial charge on any atom is -0.256 e. The third-order valence-electron chi connectivity index (χ3n) is 9.67. The summed E-state index contributed by atoms with van der Waals surface area (Å²) in [6.45, 7) is 0. The van der Waals surface area contributed by atoms with Crippen LogP contribution in [0.2, 0.25) is 0 Å². The van der Waals surface area contributed by atoms with E-state index in [1.807, 2.05) is 36.9 Å². The van der Waals surface area contributed by atoms with Crippen LogP contribution in [0.5, 0.6) is 0 Å². The van der Waals surface area contributed by atoms with Crippen molar-refractivity contribution >= 4 is 54.1 Å². The van der Waals surface area contributed by atoms with Gasteiger partial charge in [-0.15, -0.1) is 0 Å². The largest absolute Gasteiger partial charge is 0.256 e. The summed E-state index contributed by atoms with van der Waals surface area (Å²) < 4.78 is 0. The Morgan fingerprint density at radius 2 is 0.812 bits per heavy atom. The van der Waals surface area contributed by atoms with Crippen LogP contribution in [-0.4, -0.2) is 19.9 Å². The van der Waals surface area contributed by atoms with Crippen LogP contribution >= 0.6 is 0 Å². The number of benzene rings is 7. The van der Waals surface area contributed by atoms with Crippen LogP contribution in [-0.2, 0) is 0 Å². The summed E-state index contributed by atoms with van der Waals surface area (Å²) in [5.74, 6) is 0. The van der Waals surface area contributed by atoms with Gasteiger partial charge < -0.3 is 0 Å². The van der Waals surface area contributed by atoms with Crippen LogP contribution in [0, 0.1) is 0 Å².